The summed E-state index contributed by atoms with van der Waals surface area (Å²) in [7, 11) is -3.45. The Morgan fingerprint density at radius 1 is 1.05 bits per heavy atom. The number of hydrogen-bond donors (Lipinski definition) is 1. The summed E-state index contributed by atoms with van der Waals surface area (Å²) in [5.41, 5.74) is 0.145. The van der Waals surface area contributed by atoms with Crippen LogP contribution >= 0.6 is 23.2 Å². The van der Waals surface area contributed by atoms with Crippen LogP contribution in [0.1, 0.15) is 46.6 Å². The second kappa shape index (κ2) is 6.45. The van der Waals surface area contributed by atoms with Crippen LogP contribution in [0.15, 0.2) is 18.2 Å². The third-order valence-electron chi connectivity index (χ3n) is 2.74. The first kappa shape index (κ1) is 18.8. The second-order valence-electron chi connectivity index (χ2n) is 7.23. The Kier molecular flexibility index (Phi) is 5.76. The maximum Gasteiger partial charge on any atom is 0.216 e. The van der Waals surface area contributed by atoms with Crippen molar-refractivity contribution < 1.29 is 8.42 Å². The third-order valence-corrected chi connectivity index (χ3v) is 5.06. The number of benzene rings is 1. The molecule has 0 aliphatic rings. The molecule has 0 spiro atoms. The molecule has 21 heavy (non-hydrogen) atoms. The molecule has 1 aromatic carbocycles. The molecule has 6 heteroatoms. The van der Waals surface area contributed by atoms with Gasteiger partial charge in [0.25, 0.3) is 0 Å². The molecule has 0 saturated carbocycles. The highest BCUT2D eigenvalue weighted by Gasteiger charge is 2.29. The Bertz CT molecular complexity index is 605. The molecule has 0 unspecified atom stereocenters. The molecule has 120 valence electrons. The quantitative estimate of drug-likeness (QED) is 0.840. The van der Waals surface area contributed by atoms with E-state index in [9.17, 15) is 8.42 Å². The van der Waals surface area contributed by atoms with Crippen LogP contribution in [0, 0.1) is 5.41 Å². The summed E-state index contributed by atoms with van der Waals surface area (Å²) in [5, 5.41) is 0.775. The monoisotopic (exact) mass is 351 g/mol. The minimum absolute atomic E-state index is 0.0373. The third kappa shape index (κ3) is 7.00. The van der Waals surface area contributed by atoms with Crippen molar-refractivity contribution in [2.24, 2.45) is 5.41 Å². The summed E-state index contributed by atoms with van der Waals surface area (Å²) in [6.45, 7) is 10.0. The zero-order valence-electron chi connectivity index (χ0n) is 13.1. The van der Waals surface area contributed by atoms with Crippen LogP contribution in [-0.4, -0.2) is 14.0 Å². The van der Waals surface area contributed by atoms with E-state index in [2.05, 4.69) is 25.5 Å². The van der Waals surface area contributed by atoms with Crippen molar-refractivity contribution in [1.29, 1.82) is 0 Å². The van der Waals surface area contributed by atoms with Crippen molar-refractivity contribution >= 4 is 33.2 Å². The van der Waals surface area contributed by atoms with Crippen LogP contribution < -0.4 is 4.72 Å². The van der Waals surface area contributed by atoms with E-state index in [1.807, 2.05) is 13.8 Å². The zero-order chi connectivity index (χ0) is 16.5. The van der Waals surface area contributed by atoms with Crippen LogP contribution in [0.2, 0.25) is 10.0 Å². The van der Waals surface area contributed by atoms with Crippen LogP contribution in [0.4, 0.5) is 0 Å². The molecule has 1 aromatic rings. The molecule has 0 atom stereocenters. The predicted molar refractivity (Wildman–Crippen MR) is 90.4 cm³/mol. The Labute approximate surface area is 138 Å². The Morgan fingerprint density at radius 3 is 2.10 bits per heavy atom. The molecule has 1 N–H and O–H groups in total. The predicted octanol–water partition coefficient (Wildman–Crippen LogP) is 4.63. The zero-order valence-corrected chi connectivity index (χ0v) is 15.5. The summed E-state index contributed by atoms with van der Waals surface area (Å²) in [4.78, 5) is 0. The Hall–Kier alpha value is -0.290. The van der Waals surface area contributed by atoms with Gasteiger partial charge >= 0.3 is 0 Å². The Balaban J connectivity index is 2.84. The van der Waals surface area contributed by atoms with E-state index in [-0.39, 0.29) is 11.2 Å². The first-order valence-electron chi connectivity index (χ1n) is 6.75. The molecule has 0 amide bonds. The average molecular weight is 352 g/mol. The maximum absolute atomic E-state index is 12.3. The summed E-state index contributed by atoms with van der Waals surface area (Å²) >= 11 is 11.7. The van der Waals surface area contributed by atoms with Gasteiger partial charge in [0.05, 0.1) is 15.8 Å². The van der Waals surface area contributed by atoms with E-state index >= 15 is 0 Å². The van der Waals surface area contributed by atoms with E-state index in [4.69, 9.17) is 23.2 Å². The topological polar surface area (TPSA) is 46.2 Å². The summed E-state index contributed by atoms with van der Waals surface area (Å²) in [6, 6.07) is 4.86. The number of rotatable bonds is 5. The summed E-state index contributed by atoms with van der Waals surface area (Å²) in [6.07, 6.45) is 0.737. The number of sulfonamides is 1. The van der Waals surface area contributed by atoms with E-state index in [0.717, 1.165) is 6.42 Å². The van der Waals surface area contributed by atoms with Crippen molar-refractivity contribution in [2.45, 2.75) is 52.3 Å². The average Bonchev–Trinajstić information content (AvgIpc) is 2.17. The molecule has 1 rings (SSSR count). The van der Waals surface area contributed by atoms with E-state index < -0.39 is 15.6 Å². The number of halogens is 2. The van der Waals surface area contributed by atoms with Crippen molar-refractivity contribution in [3.05, 3.63) is 33.8 Å². The first-order valence-corrected chi connectivity index (χ1v) is 9.16. The van der Waals surface area contributed by atoms with Gasteiger partial charge in [0.2, 0.25) is 10.0 Å². The highest BCUT2D eigenvalue weighted by Crippen LogP contribution is 2.28. The van der Waals surface area contributed by atoms with E-state index in [1.165, 1.54) is 0 Å². The van der Waals surface area contributed by atoms with Crippen LogP contribution in [0.25, 0.3) is 0 Å². The molecule has 0 bridgehead atoms. The summed E-state index contributed by atoms with van der Waals surface area (Å²) in [5.74, 6) is -0.114. The smallest absolute Gasteiger partial charge is 0.212 e. The van der Waals surface area contributed by atoms with Crippen molar-refractivity contribution in [3.63, 3.8) is 0 Å². The van der Waals surface area contributed by atoms with Gasteiger partial charge < -0.3 is 0 Å². The van der Waals surface area contributed by atoms with E-state index in [0.29, 0.717) is 15.6 Å². The standard InChI is InChI=1S/C15H23Cl2NO2S/c1-14(2,3)10-15(4,5)18-21(19,20)9-11-6-7-12(16)13(17)8-11/h6-8,18H,9-10H2,1-5H3. The molecule has 0 aliphatic carbocycles. The van der Waals surface area contributed by atoms with Crippen molar-refractivity contribution in [2.75, 3.05) is 0 Å². The number of hydrogen-bond acceptors (Lipinski definition) is 2. The first-order chi connectivity index (χ1) is 9.30. The van der Waals surface area contributed by atoms with Crippen LogP contribution in [-0.2, 0) is 15.8 Å². The molecule has 3 nitrogen and oxygen atoms in total. The minimum Gasteiger partial charge on any atom is -0.212 e. The lowest BCUT2D eigenvalue weighted by atomic mass is 9.82. The van der Waals surface area contributed by atoms with Gasteiger partial charge in [-0.2, -0.15) is 0 Å². The minimum atomic E-state index is -3.45. The lowest BCUT2D eigenvalue weighted by Crippen LogP contribution is -2.46. The Morgan fingerprint density at radius 2 is 1.62 bits per heavy atom. The van der Waals surface area contributed by atoms with Gasteiger partial charge in [-0.1, -0.05) is 50.0 Å². The fourth-order valence-electron chi connectivity index (χ4n) is 2.67. The molecule has 0 aromatic heterocycles. The van der Waals surface area contributed by atoms with Gasteiger partial charge in [0, 0.05) is 5.54 Å². The fraction of sp³-hybridized carbons (Fsp3) is 0.600. The molecule has 0 saturated heterocycles. The van der Waals surface area contributed by atoms with Gasteiger partial charge in [0.15, 0.2) is 0 Å². The van der Waals surface area contributed by atoms with Crippen LogP contribution in [0.3, 0.4) is 0 Å². The van der Waals surface area contributed by atoms with Crippen molar-refractivity contribution in [1.82, 2.24) is 4.72 Å². The van der Waals surface area contributed by atoms with Gasteiger partial charge in [-0.3, -0.25) is 0 Å². The molecule has 0 heterocycles. The van der Waals surface area contributed by atoms with Crippen LogP contribution in [0.5, 0.6) is 0 Å². The van der Waals surface area contributed by atoms with Gasteiger partial charge in [0.1, 0.15) is 0 Å². The molecule has 0 radical (unpaired) electrons. The number of nitrogens with one attached hydrogen (secondary N) is 1. The van der Waals surface area contributed by atoms with E-state index in [1.54, 1.807) is 18.2 Å². The van der Waals surface area contributed by atoms with Gasteiger partial charge in [-0.05, 0) is 43.4 Å². The normalized spacial score (nSPS) is 13.5. The SMILES string of the molecule is CC(C)(C)CC(C)(C)NS(=O)(=O)Cc1ccc(Cl)c(Cl)c1. The maximum atomic E-state index is 12.3. The molecular formula is C15H23Cl2NO2S. The van der Waals surface area contributed by atoms with Gasteiger partial charge in [-0.25, -0.2) is 13.1 Å². The largest absolute Gasteiger partial charge is 0.216 e. The fourth-order valence-corrected chi connectivity index (χ4v) is 4.59. The highest BCUT2D eigenvalue weighted by molar-refractivity contribution is 7.88. The van der Waals surface area contributed by atoms with Crippen molar-refractivity contribution in [3.8, 4) is 0 Å². The summed E-state index contributed by atoms with van der Waals surface area (Å²) < 4.78 is 27.4. The van der Waals surface area contributed by atoms with Gasteiger partial charge in [-0.15, -0.1) is 0 Å². The lowest BCUT2D eigenvalue weighted by Gasteiger charge is -2.33. The molecule has 0 fully saturated rings. The molecule has 0 aliphatic heterocycles. The lowest BCUT2D eigenvalue weighted by molar-refractivity contribution is 0.269. The highest BCUT2D eigenvalue weighted by atomic mass is 35.5. The second-order valence-corrected chi connectivity index (χ2v) is 9.77. The molecular weight excluding hydrogens is 329 g/mol.